The Labute approximate surface area is 102 Å². The van der Waals surface area contributed by atoms with Gasteiger partial charge in [0.15, 0.2) is 0 Å². The first-order valence-electron chi connectivity index (χ1n) is 5.66. The summed E-state index contributed by atoms with van der Waals surface area (Å²) >= 11 is 0. The largest absolute Gasteiger partial charge is 0.342 e. The van der Waals surface area contributed by atoms with Crippen molar-refractivity contribution >= 4 is 5.91 Å². The van der Waals surface area contributed by atoms with E-state index in [9.17, 15) is 9.18 Å². The van der Waals surface area contributed by atoms with Crippen LogP contribution in [0.3, 0.4) is 0 Å². The zero-order valence-corrected chi connectivity index (χ0v) is 10.6. The van der Waals surface area contributed by atoms with Crippen molar-refractivity contribution < 1.29 is 9.18 Å². The quantitative estimate of drug-likeness (QED) is 0.781. The molecule has 1 amide bonds. The highest BCUT2D eigenvalue weighted by Crippen LogP contribution is 2.06. The van der Waals surface area contributed by atoms with Gasteiger partial charge in [0, 0.05) is 19.2 Å². The van der Waals surface area contributed by atoms with E-state index >= 15 is 0 Å². The minimum Gasteiger partial charge on any atom is -0.342 e. The summed E-state index contributed by atoms with van der Waals surface area (Å²) in [5.41, 5.74) is 0.527. The van der Waals surface area contributed by atoms with Gasteiger partial charge in [0.05, 0.1) is 0 Å². The summed E-state index contributed by atoms with van der Waals surface area (Å²) in [5.74, 6) is -0.388. The SMILES string of the molecule is CN(C)CCCN(C)C(=O)c1ccc(F)cc1. The summed E-state index contributed by atoms with van der Waals surface area (Å²) in [6, 6.07) is 5.64. The highest BCUT2D eigenvalue weighted by molar-refractivity contribution is 5.93. The van der Waals surface area contributed by atoms with Gasteiger partial charge in [0.25, 0.3) is 5.91 Å². The summed E-state index contributed by atoms with van der Waals surface area (Å²) in [6.07, 6.45) is 0.927. The van der Waals surface area contributed by atoms with Crippen LogP contribution in [0.1, 0.15) is 16.8 Å². The highest BCUT2D eigenvalue weighted by Gasteiger charge is 2.10. The number of nitrogens with zero attached hydrogens (tertiary/aromatic N) is 2. The Hall–Kier alpha value is -1.42. The van der Waals surface area contributed by atoms with Crippen LogP contribution < -0.4 is 0 Å². The Morgan fingerprint density at radius 2 is 1.71 bits per heavy atom. The summed E-state index contributed by atoms with van der Waals surface area (Å²) in [4.78, 5) is 15.7. The summed E-state index contributed by atoms with van der Waals surface area (Å²) < 4.78 is 12.7. The van der Waals surface area contributed by atoms with Gasteiger partial charge in [-0.2, -0.15) is 0 Å². The van der Waals surface area contributed by atoms with Crippen LogP contribution >= 0.6 is 0 Å². The topological polar surface area (TPSA) is 23.6 Å². The van der Waals surface area contributed by atoms with E-state index in [-0.39, 0.29) is 11.7 Å². The lowest BCUT2D eigenvalue weighted by Gasteiger charge is -2.18. The van der Waals surface area contributed by atoms with Gasteiger partial charge in [-0.3, -0.25) is 4.79 Å². The second kappa shape index (κ2) is 6.35. The van der Waals surface area contributed by atoms with Crippen LogP contribution in [-0.4, -0.2) is 49.9 Å². The molecule has 0 saturated heterocycles. The number of hydrogen-bond acceptors (Lipinski definition) is 2. The van der Waals surface area contributed by atoms with Crippen molar-refractivity contribution in [2.45, 2.75) is 6.42 Å². The third-order valence-electron chi connectivity index (χ3n) is 2.54. The molecular weight excluding hydrogens is 219 g/mol. The van der Waals surface area contributed by atoms with Crippen LogP contribution in [-0.2, 0) is 0 Å². The van der Waals surface area contributed by atoms with Crippen LogP contribution in [0.15, 0.2) is 24.3 Å². The van der Waals surface area contributed by atoms with E-state index in [0.29, 0.717) is 12.1 Å². The molecule has 94 valence electrons. The first kappa shape index (κ1) is 13.6. The van der Waals surface area contributed by atoms with Gasteiger partial charge in [0.1, 0.15) is 5.82 Å². The standard InChI is InChI=1S/C13H19FN2O/c1-15(2)9-4-10-16(3)13(17)11-5-7-12(14)8-6-11/h5-8H,4,9-10H2,1-3H3. The fourth-order valence-electron chi connectivity index (χ4n) is 1.54. The number of amides is 1. The molecule has 1 aromatic carbocycles. The number of rotatable bonds is 5. The van der Waals surface area contributed by atoms with E-state index in [4.69, 9.17) is 0 Å². The molecule has 0 spiro atoms. The van der Waals surface area contributed by atoms with E-state index < -0.39 is 0 Å². The molecule has 0 atom stereocenters. The zero-order valence-electron chi connectivity index (χ0n) is 10.6. The van der Waals surface area contributed by atoms with Crippen LogP contribution in [0.2, 0.25) is 0 Å². The van der Waals surface area contributed by atoms with E-state index in [1.807, 2.05) is 14.1 Å². The molecule has 0 aliphatic carbocycles. The molecule has 0 aromatic heterocycles. The molecule has 1 rings (SSSR count). The fraction of sp³-hybridized carbons (Fsp3) is 0.462. The summed E-state index contributed by atoms with van der Waals surface area (Å²) in [5, 5.41) is 0. The van der Waals surface area contributed by atoms with Crippen molar-refractivity contribution in [3.8, 4) is 0 Å². The Bertz CT molecular complexity index is 362. The maximum Gasteiger partial charge on any atom is 0.253 e. The normalized spacial score (nSPS) is 10.6. The first-order valence-corrected chi connectivity index (χ1v) is 5.66. The number of hydrogen-bond donors (Lipinski definition) is 0. The Morgan fingerprint density at radius 3 is 2.24 bits per heavy atom. The van der Waals surface area contributed by atoms with Gasteiger partial charge in [0.2, 0.25) is 0 Å². The molecule has 0 aliphatic heterocycles. The number of carbonyl (C=O) groups excluding carboxylic acids is 1. The monoisotopic (exact) mass is 238 g/mol. The van der Waals surface area contributed by atoms with Crippen LogP contribution in [0.25, 0.3) is 0 Å². The van der Waals surface area contributed by atoms with Crippen molar-refractivity contribution in [3.63, 3.8) is 0 Å². The lowest BCUT2D eigenvalue weighted by atomic mass is 10.2. The Morgan fingerprint density at radius 1 is 1.12 bits per heavy atom. The van der Waals surface area contributed by atoms with Gasteiger partial charge in [-0.1, -0.05) is 0 Å². The molecule has 0 radical (unpaired) electrons. The highest BCUT2D eigenvalue weighted by atomic mass is 19.1. The average Bonchev–Trinajstić information content (AvgIpc) is 2.28. The minimum absolute atomic E-state index is 0.0660. The van der Waals surface area contributed by atoms with Crippen molar-refractivity contribution in [2.75, 3.05) is 34.2 Å². The molecule has 1 aromatic rings. The van der Waals surface area contributed by atoms with E-state index in [1.165, 1.54) is 24.3 Å². The van der Waals surface area contributed by atoms with Crippen LogP contribution in [0.4, 0.5) is 4.39 Å². The van der Waals surface area contributed by atoms with Gasteiger partial charge in [-0.15, -0.1) is 0 Å². The Balaban J connectivity index is 2.49. The predicted octanol–water partition coefficient (Wildman–Crippen LogP) is 1.85. The van der Waals surface area contributed by atoms with Gasteiger partial charge in [-0.25, -0.2) is 4.39 Å². The lowest BCUT2D eigenvalue weighted by Crippen LogP contribution is -2.29. The first-order chi connectivity index (χ1) is 8.00. The molecular formula is C13H19FN2O. The fourth-order valence-corrected chi connectivity index (χ4v) is 1.54. The molecule has 0 saturated carbocycles. The second-order valence-corrected chi connectivity index (χ2v) is 4.39. The van der Waals surface area contributed by atoms with E-state index in [2.05, 4.69) is 4.90 Å². The number of halogens is 1. The smallest absolute Gasteiger partial charge is 0.253 e. The van der Waals surface area contributed by atoms with Crippen molar-refractivity contribution in [2.24, 2.45) is 0 Å². The lowest BCUT2D eigenvalue weighted by molar-refractivity contribution is 0.0790. The third-order valence-corrected chi connectivity index (χ3v) is 2.54. The molecule has 17 heavy (non-hydrogen) atoms. The van der Waals surface area contributed by atoms with Crippen LogP contribution in [0, 0.1) is 5.82 Å². The molecule has 3 nitrogen and oxygen atoms in total. The van der Waals surface area contributed by atoms with Crippen molar-refractivity contribution in [3.05, 3.63) is 35.6 Å². The van der Waals surface area contributed by atoms with E-state index in [0.717, 1.165) is 13.0 Å². The number of benzene rings is 1. The molecule has 0 unspecified atom stereocenters. The number of carbonyl (C=O) groups is 1. The molecule has 0 heterocycles. The van der Waals surface area contributed by atoms with Crippen LogP contribution in [0.5, 0.6) is 0 Å². The van der Waals surface area contributed by atoms with Gasteiger partial charge < -0.3 is 9.80 Å². The summed E-state index contributed by atoms with van der Waals surface area (Å²) in [6.45, 7) is 1.65. The minimum atomic E-state index is -0.322. The molecule has 0 N–H and O–H groups in total. The maximum atomic E-state index is 12.7. The van der Waals surface area contributed by atoms with Crippen molar-refractivity contribution in [1.82, 2.24) is 9.80 Å². The second-order valence-electron chi connectivity index (χ2n) is 4.39. The predicted molar refractivity (Wildman–Crippen MR) is 66.5 cm³/mol. The van der Waals surface area contributed by atoms with E-state index in [1.54, 1.807) is 11.9 Å². The van der Waals surface area contributed by atoms with Gasteiger partial charge in [-0.05, 0) is 51.3 Å². The summed E-state index contributed by atoms with van der Waals surface area (Å²) in [7, 11) is 5.77. The third kappa shape index (κ3) is 4.53. The van der Waals surface area contributed by atoms with Crippen molar-refractivity contribution in [1.29, 1.82) is 0 Å². The van der Waals surface area contributed by atoms with Gasteiger partial charge >= 0.3 is 0 Å². The maximum absolute atomic E-state index is 12.7. The molecule has 0 bridgehead atoms. The zero-order chi connectivity index (χ0) is 12.8. The molecule has 0 fully saturated rings. The molecule has 0 aliphatic rings. The average molecular weight is 238 g/mol. The Kier molecular flexibility index (Phi) is 5.10. The molecule has 4 heteroatoms.